The molecule has 100 valence electrons. The van der Waals surface area contributed by atoms with Crippen molar-refractivity contribution < 1.29 is 9.90 Å². The first-order chi connectivity index (χ1) is 9.24. The molecule has 0 aliphatic heterocycles. The average Bonchev–Trinajstić information content (AvgIpc) is 2.94. The molecule has 0 aliphatic rings. The molecule has 0 bridgehead atoms. The fraction of sp³-hybridized carbons (Fsp3) is 0.231. The molecule has 1 amide bonds. The zero-order valence-corrected chi connectivity index (χ0v) is 11.1. The van der Waals surface area contributed by atoms with Gasteiger partial charge in [-0.25, -0.2) is 4.98 Å². The van der Waals surface area contributed by atoms with Gasteiger partial charge in [0.2, 0.25) is 0 Å². The molecule has 4 N–H and O–H groups in total. The van der Waals surface area contributed by atoms with Crippen LogP contribution in [0.4, 0.5) is 0 Å². The van der Waals surface area contributed by atoms with Crippen LogP contribution in [0.5, 0.6) is 0 Å². The number of carbonyl (C=O) groups excluding carboxylic acids is 1. The Balaban J connectivity index is 2.08. The summed E-state index contributed by atoms with van der Waals surface area (Å²) in [6, 6.07) is 8.88. The molecule has 0 unspecified atom stereocenters. The van der Waals surface area contributed by atoms with Crippen LogP contribution in [0.25, 0.3) is 0 Å². The second-order valence-corrected chi connectivity index (χ2v) is 4.89. The average molecular weight is 277 g/mol. The number of benzene rings is 1. The minimum Gasteiger partial charge on any atom is -0.394 e. The number of hydrogen-bond acceptors (Lipinski definition) is 5. The Morgan fingerprint density at radius 3 is 2.74 bits per heavy atom. The molecule has 1 aromatic heterocycles. The molecular weight excluding hydrogens is 262 g/mol. The van der Waals surface area contributed by atoms with Crippen molar-refractivity contribution in [1.29, 1.82) is 0 Å². The smallest absolute Gasteiger partial charge is 0.271 e. The molecule has 0 spiro atoms. The van der Waals surface area contributed by atoms with Crippen LogP contribution < -0.4 is 11.1 Å². The van der Waals surface area contributed by atoms with E-state index < -0.39 is 6.04 Å². The predicted octanol–water partition coefficient (Wildman–Crippen LogP) is 1.07. The summed E-state index contributed by atoms with van der Waals surface area (Å²) in [5, 5.41) is 14.5. The van der Waals surface area contributed by atoms with Crippen LogP contribution >= 0.6 is 11.3 Å². The lowest BCUT2D eigenvalue weighted by Crippen LogP contribution is -2.31. The van der Waals surface area contributed by atoms with E-state index in [0.717, 1.165) is 5.56 Å². The largest absolute Gasteiger partial charge is 0.394 e. The van der Waals surface area contributed by atoms with Crippen LogP contribution in [0.3, 0.4) is 0 Å². The Bertz CT molecular complexity index is 542. The Kier molecular flexibility index (Phi) is 4.62. The van der Waals surface area contributed by atoms with Gasteiger partial charge in [-0.15, -0.1) is 11.3 Å². The second kappa shape index (κ2) is 6.42. The van der Waals surface area contributed by atoms with Gasteiger partial charge < -0.3 is 16.2 Å². The SMILES string of the molecule is NCc1nc(C(=O)N[C@@H](CO)c2ccccc2)cs1. The van der Waals surface area contributed by atoms with Gasteiger partial charge in [-0.1, -0.05) is 30.3 Å². The molecule has 0 aliphatic carbocycles. The summed E-state index contributed by atoms with van der Waals surface area (Å²) >= 11 is 1.35. The molecule has 2 rings (SSSR count). The summed E-state index contributed by atoms with van der Waals surface area (Å²) in [4.78, 5) is 16.1. The molecule has 1 atom stereocenters. The van der Waals surface area contributed by atoms with Gasteiger partial charge in [-0.3, -0.25) is 4.79 Å². The Labute approximate surface area is 115 Å². The van der Waals surface area contributed by atoms with E-state index in [1.165, 1.54) is 11.3 Å². The normalized spacial score (nSPS) is 12.1. The molecule has 0 fully saturated rings. The third-order valence-corrected chi connectivity index (χ3v) is 3.52. The standard InChI is InChI=1S/C13H15N3O2S/c14-6-12-15-11(8-19-12)13(18)16-10(7-17)9-4-2-1-3-5-9/h1-5,8,10,17H,6-7,14H2,(H,16,18)/t10-/m0/s1. The van der Waals surface area contributed by atoms with E-state index in [9.17, 15) is 9.90 Å². The number of aliphatic hydroxyl groups excluding tert-OH is 1. The first-order valence-electron chi connectivity index (χ1n) is 5.85. The highest BCUT2D eigenvalue weighted by Gasteiger charge is 2.16. The maximum absolute atomic E-state index is 12.0. The van der Waals surface area contributed by atoms with E-state index in [-0.39, 0.29) is 12.5 Å². The molecule has 19 heavy (non-hydrogen) atoms. The van der Waals surface area contributed by atoms with Crippen LogP contribution in [0, 0.1) is 0 Å². The summed E-state index contributed by atoms with van der Waals surface area (Å²) in [5.74, 6) is -0.307. The van der Waals surface area contributed by atoms with E-state index in [1.807, 2.05) is 30.3 Å². The van der Waals surface area contributed by atoms with Crippen molar-refractivity contribution in [2.24, 2.45) is 5.73 Å². The predicted molar refractivity (Wildman–Crippen MR) is 73.7 cm³/mol. The second-order valence-electron chi connectivity index (χ2n) is 3.95. The lowest BCUT2D eigenvalue weighted by molar-refractivity contribution is 0.0911. The summed E-state index contributed by atoms with van der Waals surface area (Å²) in [6.45, 7) is 0.156. The fourth-order valence-corrected chi connectivity index (χ4v) is 2.32. The molecule has 0 saturated heterocycles. The maximum atomic E-state index is 12.0. The first-order valence-corrected chi connectivity index (χ1v) is 6.73. The van der Waals surface area contributed by atoms with Gasteiger partial charge >= 0.3 is 0 Å². The fourth-order valence-electron chi connectivity index (χ4n) is 1.66. The number of nitrogens with two attached hydrogens (primary N) is 1. The number of amides is 1. The van der Waals surface area contributed by atoms with Gasteiger partial charge in [-0.05, 0) is 5.56 Å². The number of aliphatic hydroxyl groups is 1. The van der Waals surface area contributed by atoms with Gasteiger partial charge in [0.05, 0.1) is 12.6 Å². The monoisotopic (exact) mass is 277 g/mol. The zero-order valence-electron chi connectivity index (χ0n) is 10.2. The minimum absolute atomic E-state index is 0.163. The minimum atomic E-state index is -0.434. The van der Waals surface area contributed by atoms with E-state index >= 15 is 0 Å². The van der Waals surface area contributed by atoms with Gasteiger partial charge in [-0.2, -0.15) is 0 Å². The van der Waals surface area contributed by atoms with Crippen molar-refractivity contribution in [3.63, 3.8) is 0 Å². The van der Waals surface area contributed by atoms with Crippen LogP contribution in [0.2, 0.25) is 0 Å². The summed E-state index contributed by atoms with van der Waals surface area (Å²) in [7, 11) is 0. The van der Waals surface area contributed by atoms with Crippen molar-refractivity contribution in [1.82, 2.24) is 10.3 Å². The van der Waals surface area contributed by atoms with E-state index in [4.69, 9.17) is 5.73 Å². The number of hydrogen-bond donors (Lipinski definition) is 3. The maximum Gasteiger partial charge on any atom is 0.271 e. The first kappa shape index (κ1) is 13.7. The number of nitrogens with zero attached hydrogens (tertiary/aromatic N) is 1. The van der Waals surface area contributed by atoms with Gasteiger partial charge in [0.1, 0.15) is 10.7 Å². The van der Waals surface area contributed by atoms with Crippen LogP contribution in [0.15, 0.2) is 35.7 Å². The van der Waals surface area contributed by atoms with Crippen LogP contribution in [-0.2, 0) is 6.54 Å². The van der Waals surface area contributed by atoms with Gasteiger partial charge in [0.25, 0.3) is 5.91 Å². The van der Waals surface area contributed by atoms with Crippen molar-refractivity contribution in [3.05, 3.63) is 52.0 Å². The molecule has 0 radical (unpaired) electrons. The Hall–Kier alpha value is -1.76. The van der Waals surface area contributed by atoms with Crippen molar-refractivity contribution in [2.75, 3.05) is 6.61 Å². The number of carbonyl (C=O) groups is 1. The number of aromatic nitrogens is 1. The Morgan fingerprint density at radius 2 is 2.16 bits per heavy atom. The third kappa shape index (κ3) is 3.37. The lowest BCUT2D eigenvalue weighted by Gasteiger charge is -2.15. The molecule has 2 aromatic rings. The molecule has 1 aromatic carbocycles. The highest BCUT2D eigenvalue weighted by molar-refractivity contribution is 7.09. The van der Waals surface area contributed by atoms with Crippen molar-refractivity contribution in [2.45, 2.75) is 12.6 Å². The van der Waals surface area contributed by atoms with Gasteiger partial charge in [0.15, 0.2) is 0 Å². The molecular formula is C13H15N3O2S. The molecule has 0 saturated carbocycles. The number of thiazole rings is 1. The summed E-state index contributed by atoms with van der Waals surface area (Å²) in [6.07, 6.45) is 0. The number of rotatable bonds is 5. The highest BCUT2D eigenvalue weighted by Crippen LogP contribution is 2.14. The third-order valence-electron chi connectivity index (χ3n) is 2.65. The van der Waals surface area contributed by atoms with Crippen LogP contribution in [-0.4, -0.2) is 22.6 Å². The van der Waals surface area contributed by atoms with E-state index in [2.05, 4.69) is 10.3 Å². The molecule has 6 heteroatoms. The van der Waals surface area contributed by atoms with Crippen LogP contribution in [0.1, 0.15) is 27.1 Å². The number of nitrogens with one attached hydrogen (secondary N) is 1. The highest BCUT2D eigenvalue weighted by atomic mass is 32.1. The zero-order chi connectivity index (χ0) is 13.7. The Morgan fingerprint density at radius 1 is 1.42 bits per heavy atom. The van der Waals surface area contributed by atoms with Crippen molar-refractivity contribution in [3.8, 4) is 0 Å². The van der Waals surface area contributed by atoms with E-state index in [0.29, 0.717) is 17.2 Å². The summed E-state index contributed by atoms with van der Waals surface area (Å²) in [5.41, 5.74) is 6.65. The molecule has 5 nitrogen and oxygen atoms in total. The molecule has 1 heterocycles. The quantitative estimate of drug-likeness (QED) is 0.762. The lowest BCUT2D eigenvalue weighted by atomic mass is 10.1. The topological polar surface area (TPSA) is 88.2 Å². The van der Waals surface area contributed by atoms with E-state index in [1.54, 1.807) is 5.38 Å². The van der Waals surface area contributed by atoms with Crippen molar-refractivity contribution >= 4 is 17.2 Å². The summed E-state index contributed by atoms with van der Waals surface area (Å²) < 4.78 is 0. The van der Waals surface area contributed by atoms with Gasteiger partial charge in [0, 0.05) is 11.9 Å².